The molecule has 2 fully saturated rings. The molecule has 0 aromatic carbocycles. The lowest BCUT2D eigenvalue weighted by Gasteiger charge is -2.35. The lowest BCUT2D eigenvalue weighted by molar-refractivity contribution is -0.0236. The van der Waals surface area contributed by atoms with Gasteiger partial charge in [-0.3, -0.25) is 4.99 Å². The molecule has 0 aliphatic heterocycles. The number of nitrogens with one attached hydrogen (secondary N) is 2. The second kappa shape index (κ2) is 7.55. The molecule has 0 heterocycles. The monoisotopic (exact) mass is 299 g/mol. The zero-order chi connectivity index (χ0) is 14.4. The SMILES string of the molecule is CCNC(=NCC1(O)CCC1)NC1CCC(SCC)C1. The first-order chi connectivity index (χ1) is 9.65. The van der Waals surface area contributed by atoms with Crippen molar-refractivity contribution in [1.29, 1.82) is 0 Å². The van der Waals surface area contributed by atoms with Gasteiger partial charge in [0.15, 0.2) is 5.96 Å². The van der Waals surface area contributed by atoms with Crippen molar-refractivity contribution in [3.63, 3.8) is 0 Å². The summed E-state index contributed by atoms with van der Waals surface area (Å²) in [6, 6.07) is 0.535. The van der Waals surface area contributed by atoms with Crippen LogP contribution in [-0.2, 0) is 0 Å². The predicted molar refractivity (Wildman–Crippen MR) is 87.5 cm³/mol. The van der Waals surface area contributed by atoms with Crippen molar-refractivity contribution in [2.45, 2.75) is 69.3 Å². The van der Waals surface area contributed by atoms with Gasteiger partial charge >= 0.3 is 0 Å². The highest BCUT2D eigenvalue weighted by molar-refractivity contribution is 7.99. The van der Waals surface area contributed by atoms with Crippen LogP contribution in [0.1, 0.15) is 52.4 Å². The van der Waals surface area contributed by atoms with Crippen LogP contribution in [0.25, 0.3) is 0 Å². The quantitative estimate of drug-likeness (QED) is 0.519. The third-order valence-electron chi connectivity index (χ3n) is 4.29. The molecule has 0 radical (unpaired) electrons. The lowest BCUT2D eigenvalue weighted by atomic mass is 9.80. The van der Waals surface area contributed by atoms with Gasteiger partial charge in [0, 0.05) is 17.8 Å². The van der Waals surface area contributed by atoms with E-state index in [0.717, 1.165) is 37.0 Å². The number of thioether (sulfide) groups is 1. The molecule has 116 valence electrons. The molecule has 0 aromatic heterocycles. The Morgan fingerprint density at radius 3 is 2.75 bits per heavy atom. The Kier molecular flexibility index (Phi) is 6.02. The molecule has 2 rings (SSSR count). The minimum atomic E-state index is -0.529. The van der Waals surface area contributed by atoms with Crippen LogP contribution in [0.4, 0.5) is 0 Å². The van der Waals surface area contributed by atoms with E-state index in [1.165, 1.54) is 25.0 Å². The Hall–Kier alpha value is -0.420. The molecule has 2 unspecified atom stereocenters. The van der Waals surface area contributed by atoms with Crippen molar-refractivity contribution in [3.8, 4) is 0 Å². The zero-order valence-corrected chi connectivity index (χ0v) is 13.6. The van der Waals surface area contributed by atoms with E-state index in [0.29, 0.717) is 12.6 Å². The summed E-state index contributed by atoms with van der Waals surface area (Å²) in [6.45, 7) is 5.71. The standard InChI is InChI=1S/C15H29N3OS/c1-3-16-14(17-11-15(19)8-5-9-15)18-12-6-7-13(10-12)20-4-2/h12-13,19H,3-11H2,1-2H3,(H2,16,17,18). The van der Waals surface area contributed by atoms with Crippen LogP contribution in [0.2, 0.25) is 0 Å². The maximum atomic E-state index is 10.1. The third kappa shape index (κ3) is 4.55. The van der Waals surface area contributed by atoms with E-state index in [2.05, 4.69) is 41.2 Å². The number of rotatable bonds is 6. The number of aliphatic hydroxyl groups is 1. The molecule has 0 aromatic rings. The van der Waals surface area contributed by atoms with Gasteiger partial charge in [0.2, 0.25) is 0 Å². The molecule has 2 atom stereocenters. The van der Waals surface area contributed by atoms with E-state index >= 15 is 0 Å². The van der Waals surface area contributed by atoms with Gasteiger partial charge in [-0.05, 0) is 51.2 Å². The number of aliphatic imine (C=N–C) groups is 1. The van der Waals surface area contributed by atoms with E-state index < -0.39 is 5.60 Å². The molecular formula is C15H29N3OS. The topological polar surface area (TPSA) is 56.7 Å². The summed E-state index contributed by atoms with van der Waals surface area (Å²) in [5.74, 6) is 2.08. The average Bonchev–Trinajstić information content (AvgIpc) is 2.82. The van der Waals surface area contributed by atoms with Gasteiger partial charge in [-0.1, -0.05) is 6.92 Å². The summed E-state index contributed by atoms with van der Waals surface area (Å²) in [6.07, 6.45) is 6.69. The van der Waals surface area contributed by atoms with Gasteiger partial charge in [0.05, 0.1) is 12.1 Å². The zero-order valence-electron chi connectivity index (χ0n) is 12.8. The van der Waals surface area contributed by atoms with Gasteiger partial charge < -0.3 is 15.7 Å². The minimum absolute atomic E-state index is 0.529. The summed E-state index contributed by atoms with van der Waals surface area (Å²) in [4.78, 5) is 4.58. The molecule has 0 bridgehead atoms. The van der Waals surface area contributed by atoms with Gasteiger partial charge in [0.25, 0.3) is 0 Å². The van der Waals surface area contributed by atoms with E-state index in [1.807, 2.05) is 0 Å². The number of guanidine groups is 1. The molecule has 5 heteroatoms. The van der Waals surface area contributed by atoms with Crippen LogP contribution < -0.4 is 10.6 Å². The summed E-state index contributed by atoms with van der Waals surface area (Å²) < 4.78 is 0. The van der Waals surface area contributed by atoms with Crippen molar-refractivity contribution in [2.24, 2.45) is 4.99 Å². The van der Waals surface area contributed by atoms with E-state index in [4.69, 9.17) is 0 Å². The minimum Gasteiger partial charge on any atom is -0.388 e. The van der Waals surface area contributed by atoms with E-state index in [-0.39, 0.29) is 0 Å². The van der Waals surface area contributed by atoms with E-state index in [9.17, 15) is 5.11 Å². The Morgan fingerprint density at radius 2 is 2.15 bits per heavy atom. The Balaban J connectivity index is 1.81. The molecule has 2 aliphatic rings. The molecule has 20 heavy (non-hydrogen) atoms. The molecule has 0 spiro atoms. The van der Waals surface area contributed by atoms with Gasteiger partial charge in [0.1, 0.15) is 0 Å². The van der Waals surface area contributed by atoms with Crippen molar-refractivity contribution in [2.75, 3.05) is 18.8 Å². The van der Waals surface area contributed by atoms with Crippen LogP contribution in [-0.4, -0.2) is 46.8 Å². The molecule has 3 N–H and O–H groups in total. The first kappa shape index (κ1) is 16.0. The molecule has 2 aliphatic carbocycles. The number of hydrogen-bond donors (Lipinski definition) is 3. The van der Waals surface area contributed by atoms with Crippen molar-refractivity contribution in [3.05, 3.63) is 0 Å². The van der Waals surface area contributed by atoms with Crippen LogP contribution in [0.15, 0.2) is 4.99 Å². The maximum Gasteiger partial charge on any atom is 0.191 e. The van der Waals surface area contributed by atoms with Crippen LogP contribution in [0.3, 0.4) is 0 Å². The smallest absolute Gasteiger partial charge is 0.191 e. The fourth-order valence-corrected chi connectivity index (χ4v) is 4.08. The summed E-state index contributed by atoms with van der Waals surface area (Å²) in [5.41, 5.74) is -0.529. The highest BCUT2D eigenvalue weighted by Gasteiger charge is 2.34. The Bertz CT molecular complexity index is 331. The van der Waals surface area contributed by atoms with Gasteiger partial charge in [-0.25, -0.2) is 0 Å². The summed E-state index contributed by atoms with van der Waals surface area (Å²) in [7, 11) is 0. The van der Waals surface area contributed by atoms with E-state index in [1.54, 1.807) is 0 Å². The fraction of sp³-hybridized carbons (Fsp3) is 0.933. The van der Waals surface area contributed by atoms with Crippen LogP contribution in [0.5, 0.6) is 0 Å². The van der Waals surface area contributed by atoms with Crippen LogP contribution >= 0.6 is 11.8 Å². The summed E-state index contributed by atoms with van der Waals surface area (Å²) >= 11 is 2.07. The second-order valence-electron chi connectivity index (χ2n) is 6.00. The Morgan fingerprint density at radius 1 is 1.35 bits per heavy atom. The second-order valence-corrected chi connectivity index (χ2v) is 7.58. The maximum absolute atomic E-state index is 10.1. The first-order valence-electron chi connectivity index (χ1n) is 8.04. The molecule has 0 saturated heterocycles. The van der Waals surface area contributed by atoms with Crippen molar-refractivity contribution >= 4 is 17.7 Å². The van der Waals surface area contributed by atoms with Crippen molar-refractivity contribution < 1.29 is 5.11 Å². The number of nitrogens with zero attached hydrogens (tertiary/aromatic N) is 1. The highest BCUT2D eigenvalue weighted by Crippen LogP contribution is 2.32. The molecule has 0 amide bonds. The largest absolute Gasteiger partial charge is 0.388 e. The number of hydrogen-bond acceptors (Lipinski definition) is 3. The normalized spacial score (nSPS) is 29.1. The Labute approximate surface area is 127 Å². The molecular weight excluding hydrogens is 270 g/mol. The summed E-state index contributed by atoms with van der Waals surface area (Å²) in [5, 5.41) is 17.8. The first-order valence-corrected chi connectivity index (χ1v) is 9.09. The van der Waals surface area contributed by atoms with Crippen molar-refractivity contribution in [1.82, 2.24) is 10.6 Å². The van der Waals surface area contributed by atoms with Gasteiger partial charge in [-0.2, -0.15) is 11.8 Å². The third-order valence-corrected chi connectivity index (χ3v) is 5.52. The van der Waals surface area contributed by atoms with Gasteiger partial charge in [-0.15, -0.1) is 0 Å². The molecule has 4 nitrogen and oxygen atoms in total. The van der Waals surface area contributed by atoms with Crippen LogP contribution in [0, 0.1) is 0 Å². The highest BCUT2D eigenvalue weighted by atomic mass is 32.2. The lowest BCUT2D eigenvalue weighted by Crippen LogP contribution is -2.45. The predicted octanol–water partition coefficient (Wildman–Crippen LogP) is 2.13. The average molecular weight is 299 g/mol. The fourth-order valence-electron chi connectivity index (χ4n) is 2.94. The molecule has 2 saturated carbocycles.